The Kier molecular flexibility index (Phi) is 6.21. The number of carbonyl (C=O) groups excluding carboxylic acids is 2. The number of furan rings is 1. The molecule has 3 aromatic rings. The normalized spacial score (nSPS) is 14.1. The van der Waals surface area contributed by atoms with E-state index in [0.717, 1.165) is 5.56 Å². The van der Waals surface area contributed by atoms with Crippen LogP contribution in [0.5, 0.6) is 0 Å². The molecule has 162 valence electrons. The molecule has 2 aromatic heterocycles. The summed E-state index contributed by atoms with van der Waals surface area (Å²) < 4.78 is 32.6. The lowest BCUT2D eigenvalue weighted by Gasteiger charge is -2.26. The predicted octanol–water partition coefficient (Wildman–Crippen LogP) is 2.25. The molecule has 1 aliphatic heterocycles. The molecule has 10 heteroatoms. The van der Waals surface area contributed by atoms with Gasteiger partial charge in [0.25, 0.3) is 11.8 Å². The van der Waals surface area contributed by atoms with Gasteiger partial charge < -0.3 is 15.1 Å². The number of sulfonamides is 1. The van der Waals surface area contributed by atoms with Gasteiger partial charge in [-0.05, 0) is 53.8 Å². The molecule has 3 heterocycles. The van der Waals surface area contributed by atoms with E-state index in [0.29, 0.717) is 19.5 Å². The average Bonchev–Trinajstić information content (AvgIpc) is 3.48. The van der Waals surface area contributed by atoms with Crippen LogP contribution in [0.4, 0.5) is 0 Å². The molecule has 1 aliphatic rings. The molecule has 0 saturated heterocycles. The standard InChI is InChI=1S/C21H21N3O5S2/c25-20(22-8-9-23-21(26)18-5-2-11-29-18)15-3-1-4-17(13-15)31(27,28)24-10-6-19-16(14-24)7-12-30-19/h1-5,7,11-13H,6,8-10,14H2,(H,22,25)(H,23,26). The summed E-state index contributed by atoms with van der Waals surface area (Å²) in [6, 6.07) is 11.1. The van der Waals surface area contributed by atoms with Crippen molar-refractivity contribution in [1.82, 2.24) is 14.9 Å². The van der Waals surface area contributed by atoms with Crippen LogP contribution in [-0.4, -0.2) is 44.2 Å². The Bertz CT molecular complexity index is 1190. The lowest BCUT2D eigenvalue weighted by Crippen LogP contribution is -2.36. The molecule has 31 heavy (non-hydrogen) atoms. The van der Waals surface area contributed by atoms with Crippen molar-refractivity contribution in [2.75, 3.05) is 19.6 Å². The van der Waals surface area contributed by atoms with Crippen LogP contribution in [0, 0.1) is 0 Å². The van der Waals surface area contributed by atoms with Crippen LogP contribution in [0.1, 0.15) is 31.4 Å². The fourth-order valence-electron chi connectivity index (χ4n) is 3.32. The predicted molar refractivity (Wildman–Crippen MR) is 115 cm³/mol. The summed E-state index contributed by atoms with van der Waals surface area (Å²) in [4.78, 5) is 25.6. The van der Waals surface area contributed by atoms with Crippen LogP contribution in [0.3, 0.4) is 0 Å². The smallest absolute Gasteiger partial charge is 0.287 e. The number of carbonyl (C=O) groups is 2. The van der Waals surface area contributed by atoms with E-state index >= 15 is 0 Å². The topological polar surface area (TPSA) is 109 Å². The van der Waals surface area contributed by atoms with Gasteiger partial charge in [-0.1, -0.05) is 6.07 Å². The van der Waals surface area contributed by atoms with Gasteiger partial charge in [0.2, 0.25) is 10.0 Å². The Morgan fingerprint density at radius 1 is 1.06 bits per heavy atom. The van der Waals surface area contributed by atoms with Crippen LogP contribution in [0.2, 0.25) is 0 Å². The molecule has 0 radical (unpaired) electrons. The molecule has 4 rings (SSSR count). The molecular formula is C21H21N3O5S2. The first-order chi connectivity index (χ1) is 14.9. The first-order valence-corrected chi connectivity index (χ1v) is 12.0. The second-order valence-corrected chi connectivity index (χ2v) is 9.91. The molecule has 8 nitrogen and oxygen atoms in total. The SMILES string of the molecule is O=C(NCCNC(=O)c1ccco1)c1cccc(S(=O)(=O)N2CCc3sccc3C2)c1. The molecule has 0 fully saturated rings. The molecule has 0 unspecified atom stereocenters. The molecule has 0 atom stereocenters. The van der Waals surface area contributed by atoms with E-state index in [1.54, 1.807) is 35.6 Å². The van der Waals surface area contributed by atoms with Gasteiger partial charge in [-0.15, -0.1) is 11.3 Å². The minimum Gasteiger partial charge on any atom is -0.459 e. The molecular weight excluding hydrogens is 438 g/mol. The largest absolute Gasteiger partial charge is 0.459 e. The Labute approximate surface area is 183 Å². The van der Waals surface area contributed by atoms with E-state index in [1.807, 2.05) is 11.4 Å². The van der Waals surface area contributed by atoms with Gasteiger partial charge in [0.05, 0.1) is 11.2 Å². The van der Waals surface area contributed by atoms with Gasteiger partial charge in [-0.3, -0.25) is 9.59 Å². The zero-order valence-corrected chi connectivity index (χ0v) is 18.2. The van der Waals surface area contributed by atoms with E-state index in [1.165, 1.54) is 27.6 Å². The number of hydrogen-bond acceptors (Lipinski definition) is 6. The zero-order valence-electron chi connectivity index (χ0n) is 16.5. The van der Waals surface area contributed by atoms with Crippen LogP contribution in [0.25, 0.3) is 0 Å². The Balaban J connectivity index is 1.36. The lowest BCUT2D eigenvalue weighted by atomic mass is 10.1. The Morgan fingerprint density at radius 3 is 2.65 bits per heavy atom. The van der Waals surface area contributed by atoms with Crippen molar-refractivity contribution in [2.24, 2.45) is 0 Å². The molecule has 0 saturated carbocycles. The van der Waals surface area contributed by atoms with E-state index in [-0.39, 0.29) is 35.2 Å². The maximum absolute atomic E-state index is 13.1. The first kappa shape index (κ1) is 21.3. The molecule has 0 bridgehead atoms. The summed E-state index contributed by atoms with van der Waals surface area (Å²) in [5, 5.41) is 7.28. The number of rotatable bonds is 7. The van der Waals surface area contributed by atoms with Crippen molar-refractivity contribution >= 4 is 33.2 Å². The summed E-state index contributed by atoms with van der Waals surface area (Å²) in [5.41, 5.74) is 1.27. The number of benzene rings is 1. The number of hydrogen-bond donors (Lipinski definition) is 2. The summed E-state index contributed by atoms with van der Waals surface area (Å²) in [6.07, 6.45) is 2.09. The van der Waals surface area contributed by atoms with Gasteiger partial charge in [-0.2, -0.15) is 4.31 Å². The molecule has 1 aromatic carbocycles. The number of thiophene rings is 1. The third kappa shape index (κ3) is 4.71. The highest BCUT2D eigenvalue weighted by Crippen LogP contribution is 2.28. The third-order valence-electron chi connectivity index (χ3n) is 4.95. The molecule has 0 spiro atoms. The average molecular weight is 460 g/mol. The second kappa shape index (κ2) is 9.04. The quantitative estimate of drug-likeness (QED) is 0.527. The number of nitrogens with one attached hydrogen (secondary N) is 2. The van der Waals surface area contributed by atoms with Gasteiger partial charge >= 0.3 is 0 Å². The second-order valence-electron chi connectivity index (χ2n) is 6.97. The maximum atomic E-state index is 13.1. The summed E-state index contributed by atoms with van der Waals surface area (Å²) in [6.45, 7) is 1.16. The Morgan fingerprint density at radius 2 is 1.87 bits per heavy atom. The Hall–Kier alpha value is -2.95. The van der Waals surface area contributed by atoms with Gasteiger partial charge in [0.15, 0.2) is 5.76 Å². The van der Waals surface area contributed by atoms with Crippen LogP contribution < -0.4 is 10.6 Å². The maximum Gasteiger partial charge on any atom is 0.287 e. The summed E-state index contributed by atoms with van der Waals surface area (Å²) in [7, 11) is -3.71. The van der Waals surface area contributed by atoms with Crippen molar-refractivity contribution in [3.8, 4) is 0 Å². The highest BCUT2D eigenvalue weighted by atomic mass is 32.2. The van der Waals surface area contributed by atoms with Crippen molar-refractivity contribution in [3.05, 3.63) is 75.9 Å². The van der Waals surface area contributed by atoms with Crippen LogP contribution in [-0.2, 0) is 23.0 Å². The van der Waals surface area contributed by atoms with Crippen LogP contribution in [0.15, 0.2) is 63.4 Å². The highest BCUT2D eigenvalue weighted by molar-refractivity contribution is 7.89. The summed E-state index contributed by atoms with van der Waals surface area (Å²) >= 11 is 1.64. The van der Waals surface area contributed by atoms with E-state index < -0.39 is 15.9 Å². The van der Waals surface area contributed by atoms with Crippen molar-refractivity contribution < 1.29 is 22.4 Å². The zero-order chi connectivity index (χ0) is 21.8. The third-order valence-corrected chi connectivity index (χ3v) is 7.81. The van der Waals surface area contributed by atoms with Crippen molar-refractivity contribution in [2.45, 2.75) is 17.9 Å². The summed E-state index contributed by atoms with van der Waals surface area (Å²) in [5.74, 6) is -0.595. The number of fused-ring (bicyclic) bond motifs is 1. The van der Waals surface area contributed by atoms with E-state index in [4.69, 9.17) is 4.42 Å². The molecule has 2 N–H and O–H groups in total. The number of amides is 2. The molecule has 2 amide bonds. The first-order valence-electron chi connectivity index (χ1n) is 9.70. The fourth-order valence-corrected chi connectivity index (χ4v) is 5.68. The van der Waals surface area contributed by atoms with Crippen molar-refractivity contribution in [3.63, 3.8) is 0 Å². The lowest BCUT2D eigenvalue weighted by molar-refractivity contribution is 0.0910. The van der Waals surface area contributed by atoms with Crippen LogP contribution >= 0.6 is 11.3 Å². The number of nitrogens with zero attached hydrogens (tertiary/aromatic N) is 1. The van der Waals surface area contributed by atoms with E-state index in [2.05, 4.69) is 10.6 Å². The minimum absolute atomic E-state index is 0.0879. The van der Waals surface area contributed by atoms with E-state index in [9.17, 15) is 18.0 Å². The fraction of sp³-hybridized carbons (Fsp3) is 0.238. The monoisotopic (exact) mass is 459 g/mol. The van der Waals surface area contributed by atoms with Gasteiger partial charge in [-0.25, -0.2) is 8.42 Å². The van der Waals surface area contributed by atoms with Gasteiger partial charge in [0.1, 0.15) is 0 Å². The van der Waals surface area contributed by atoms with Gasteiger partial charge in [0, 0.05) is 36.6 Å². The molecule has 0 aliphatic carbocycles. The highest BCUT2D eigenvalue weighted by Gasteiger charge is 2.29. The van der Waals surface area contributed by atoms with Crippen molar-refractivity contribution in [1.29, 1.82) is 0 Å². The minimum atomic E-state index is -3.71.